The highest BCUT2D eigenvalue weighted by Crippen LogP contribution is 2.26. The molecule has 0 radical (unpaired) electrons. The van der Waals surface area contributed by atoms with E-state index >= 15 is 0 Å². The van der Waals surface area contributed by atoms with Crippen molar-refractivity contribution in [2.75, 3.05) is 26.7 Å². The Hall–Kier alpha value is -1.58. The third kappa shape index (κ3) is 4.71. The Morgan fingerprint density at radius 1 is 1.42 bits per heavy atom. The second kappa shape index (κ2) is 9.05. The Bertz CT molecular complexity index is 635. The molecule has 2 aromatic heterocycles. The van der Waals surface area contributed by atoms with Crippen molar-refractivity contribution in [1.82, 2.24) is 29.8 Å². The molecular formula is C16H26IN7. The van der Waals surface area contributed by atoms with Crippen LogP contribution in [0, 0.1) is 0 Å². The van der Waals surface area contributed by atoms with Crippen LogP contribution in [0.4, 0.5) is 0 Å². The summed E-state index contributed by atoms with van der Waals surface area (Å²) >= 11 is 0. The maximum absolute atomic E-state index is 4.43. The predicted molar refractivity (Wildman–Crippen MR) is 106 cm³/mol. The van der Waals surface area contributed by atoms with E-state index in [1.165, 1.54) is 5.56 Å². The third-order valence-corrected chi connectivity index (χ3v) is 4.30. The minimum atomic E-state index is 0. The van der Waals surface area contributed by atoms with Gasteiger partial charge < -0.3 is 10.2 Å². The molecule has 24 heavy (non-hydrogen) atoms. The lowest BCUT2D eigenvalue weighted by molar-refractivity contribution is 0.479. The van der Waals surface area contributed by atoms with Crippen LogP contribution in [0.25, 0.3) is 0 Å². The highest BCUT2D eigenvalue weighted by atomic mass is 127. The molecule has 0 aliphatic carbocycles. The molecule has 3 heterocycles. The number of likely N-dealkylation sites (tertiary alicyclic amines) is 1. The van der Waals surface area contributed by atoms with Crippen molar-refractivity contribution < 1.29 is 0 Å². The normalized spacial score (nSPS) is 17.8. The average Bonchev–Trinajstić information content (AvgIpc) is 3.28. The summed E-state index contributed by atoms with van der Waals surface area (Å²) in [5.74, 6) is 1.54. The van der Waals surface area contributed by atoms with Crippen LogP contribution >= 0.6 is 24.0 Å². The number of aryl methyl sites for hydroxylation is 2. The first-order valence-electron chi connectivity index (χ1n) is 8.18. The van der Waals surface area contributed by atoms with Crippen LogP contribution in [0.2, 0.25) is 0 Å². The fraction of sp³-hybridized carbons (Fsp3) is 0.562. The second-order valence-corrected chi connectivity index (χ2v) is 5.98. The molecule has 1 aliphatic heterocycles. The average molecular weight is 443 g/mol. The molecule has 0 saturated carbocycles. The van der Waals surface area contributed by atoms with Crippen molar-refractivity contribution >= 4 is 29.9 Å². The van der Waals surface area contributed by atoms with Gasteiger partial charge in [-0.15, -0.1) is 24.0 Å². The number of aromatic nitrogens is 4. The number of hydrogen-bond donors (Lipinski definition) is 1. The monoisotopic (exact) mass is 443 g/mol. The molecule has 1 unspecified atom stereocenters. The van der Waals surface area contributed by atoms with Crippen LogP contribution in [-0.4, -0.2) is 57.1 Å². The van der Waals surface area contributed by atoms with E-state index in [9.17, 15) is 0 Å². The van der Waals surface area contributed by atoms with Crippen LogP contribution in [0.15, 0.2) is 35.8 Å². The quantitative estimate of drug-likeness (QED) is 0.331. The van der Waals surface area contributed by atoms with E-state index < -0.39 is 0 Å². The number of hydrogen-bond acceptors (Lipinski definition) is 3. The highest BCUT2D eigenvalue weighted by Gasteiger charge is 2.26. The number of aliphatic imine (C=N–C) groups is 1. The fourth-order valence-electron chi connectivity index (χ4n) is 3.08. The van der Waals surface area contributed by atoms with Gasteiger partial charge in [0, 0.05) is 64.8 Å². The molecule has 1 N–H and O–H groups in total. The van der Waals surface area contributed by atoms with Crippen LogP contribution in [0.3, 0.4) is 0 Å². The van der Waals surface area contributed by atoms with Crippen LogP contribution < -0.4 is 5.32 Å². The second-order valence-electron chi connectivity index (χ2n) is 5.98. The van der Waals surface area contributed by atoms with Gasteiger partial charge in [0.05, 0.1) is 6.20 Å². The smallest absolute Gasteiger partial charge is 0.193 e. The summed E-state index contributed by atoms with van der Waals surface area (Å²) in [5, 5.41) is 12.0. The van der Waals surface area contributed by atoms with Gasteiger partial charge in [-0.3, -0.25) is 14.4 Å². The minimum absolute atomic E-state index is 0. The van der Waals surface area contributed by atoms with E-state index in [1.54, 1.807) is 0 Å². The lowest BCUT2D eigenvalue weighted by Gasteiger charge is -2.21. The minimum Gasteiger partial charge on any atom is -0.356 e. The summed E-state index contributed by atoms with van der Waals surface area (Å²) < 4.78 is 3.83. The number of halogens is 1. The number of rotatable bonds is 5. The summed E-state index contributed by atoms with van der Waals surface area (Å²) in [6.45, 7) is 3.87. The fourth-order valence-corrected chi connectivity index (χ4v) is 3.08. The molecule has 8 heteroatoms. The summed E-state index contributed by atoms with van der Waals surface area (Å²) in [5.41, 5.74) is 1.32. The van der Waals surface area contributed by atoms with Crippen LogP contribution in [0.5, 0.6) is 0 Å². The van der Waals surface area contributed by atoms with E-state index in [4.69, 9.17) is 0 Å². The van der Waals surface area contributed by atoms with Gasteiger partial charge in [0.1, 0.15) is 0 Å². The van der Waals surface area contributed by atoms with Gasteiger partial charge >= 0.3 is 0 Å². The van der Waals surface area contributed by atoms with E-state index in [0.29, 0.717) is 5.92 Å². The number of nitrogens with one attached hydrogen (secondary N) is 1. The highest BCUT2D eigenvalue weighted by molar-refractivity contribution is 14.0. The zero-order valence-electron chi connectivity index (χ0n) is 14.3. The molecule has 7 nitrogen and oxygen atoms in total. The number of nitrogens with zero attached hydrogens (tertiary/aromatic N) is 6. The van der Waals surface area contributed by atoms with E-state index in [-0.39, 0.29) is 24.0 Å². The molecule has 0 aromatic carbocycles. The van der Waals surface area contributed by atoms with Crippen molar-refractivity contribution in [2.45, 2.75) is 25.3 Å². The summed E-state index contributed by atoms with van der Waals surface area (Å²) in [6.07, 6.45) is 10.1. The molecule has 3 rings (SSSR count). The van der Waals surface area contributed by atoms with Gasteiger partial charge in [-0.25, -0.2) is 0 Å². The lowest BCUT2D eigenvalue weighted by atomic mass is 10.0. The maximum Gasteiger partial charge on any atom is 0.193 e. The molecular weight excluding hydrogens is 417 g/mol. The molecule has 2 aromatic rings. The van der Waals surface area contributed by atoms with Gasteiger partial charge in [-0.05, 0) is 24.5 Å². The zero-order valence-corrected chi connectivity index (χ0v) is 16.6. The van der Waals surface area contributed by atoms with E-state index in [1.807, 2.05) is 48.1 Å². The zero-order chi connectivity index (χ0) is 16.1. The van der Waals surface area contributed by atoms with Crippen molar-refractivity contribution in [1.29, 1.82) is 0 Å². The first kappa shape index (κ1) is 18.8. The Labute approximate surface area is 160 Å². The Morgan fingerprint density at radius 3 is 2.96 bits per heavy atom. The van der Waals surface area contributed by atoms with Gasteiger partial charge in [0.15, 0.2) is 5.96 Å². The Balaban J connectivity index is 0.00000208. The molecule has 1 aliphatic rings. The standard InChI is InChI=1S/C16H25N7.HI/c1-17-16(18-6-3-8-23-9-4-7-19-23)22-10-5-14(13-22)15-11-20-21(2)12-15;/h4,7,9,11-12,14H,3,5-6,8,10,13H2,1-2H3,(H,17,18);1H. The molecule has 0 amide bonds. The van der Waals surface area contributed by atoms with Crippen molar-refractivity contribution in [3.05, 3.63) is 36.4 Å². The molecule has 1 fully saturated rings. The van der Waals surface area contributed by atoms with Gasteiger partial charge in [-0.1, -0.05) is 0 Å². The topological polar surface area (TPSA) is 63.3 Å². The molecule has 1 saturated heterocycles. The van der Waals surface area contributed by atoms with Gasteiger partial charge in [-0.2, -0.15) is 10.2 Å². The molecule has 132 valence electrons. The SMILES string of the molecule is CN=C(NCCCn1cccn1)N1CCC(c2cnn(C)c2)C1.I. The van der Waals surface area contributed by atoms with E-state index in [2.05, 4.69) is 31.6 Å². The van der Waals surface area contributed by atoms with E-state index in [0.717, 1.165) is 45.0 Å². The van der Waals surface area contributed by atoms with Crippen LogP contribution in [-0.2, 0) is 13.6 Å². The predicted octanol–water partition coefficient (Wildman–Crippen LogP) is 1.69. The maximum atomic E-state index is 4.43. The first-order valence-corrected chi connectivity index (χ1v) is 8.18. The Morgan fingerprint density at radius 2 is 2.29 bits per heavy atom. The molecule has 1 atom stereocenters. The first-order chi connectivity index (χ1) is 11.3. The van der Waals surface area contributed by atoms with Crippen molar-refractivity contribution in [2.24, 2.45) is 12.0 Å². The van der Waals surface area contributed by atoms with Gasteiger partial charge in [0.2, 0.25) is 0 Å². The molecule has 0 spiro atoms. The summed E-state index contributed by atoms with van der Waals surface area (Å²) in [6, 6.07) is 1.95. The van der Waals surface area contributed by atoms with Gasteiger partial charge in [0.25, 0.3) is 0 Å². The van der Waals surface area contributed by atoms with Crippen molar-refractivity contribution in [3.8, 4) is 0 Å². The lowest BCUT2D eigenvalue weighted by Crippen LogP contribution is -2.40. The third-order valence-electron chi connectivity index (χ3n) is 4.30. The number of guanidine groups is 1. The summed E-state index contributed by atoms with van der Waals surface area (Å²) in [4.78, 5) is 6.76. The largest absolute Gasteiger partial charge is 0.356 e. The Kier molecular flexibility index (Phi) is 7.07. The summed E-state index contributed by atoms with van der Waals surface area (Å²) in [7, 11) is 3.82. The van der Waals surface area contributed by atoms with Crippen molar-refractivity contribution in [3.63, 3.8) is 0 Å². The molecule has 0 bridgehead atoms. The van der Waals surface area contributed by atoms with Crippen LogP contribution in [0.1, 0.15) is 24.3 Å².